The lowest BCUT2D eigenvalue weighted by Gasteiger charge is -2.15. The van der Waals surface area contributed by atoms with Crippen molar-refractivity contribution in [1.82, 2.24) is 20.3 Å². The van der Waals surface area contributed by atoms with Crippen LogP contribution in [0.4, 0.5) is 0 Å². The summed E-state index contributed by atoms with van der Waals surface area (Å²) in [5.41, 5.74) is 0.805. The van der Waals surface area contributed by atoms with Crippen LogP contribution in [0.2, 0.25) is 0 Å². The van der Waals surface area contributed by atoms with Crippen molar-refractivity contribution < 1.29 is 9.90 Å². The fourth-order valence-corrected chi connectivity index (χ4v) is 3.15. The molecule has 0 bridgehead atoms. The molecule has 98 valence electrons. The van der Waals surface area contributed by atoms with Crippen LogP contribution in [-0.2, 0) is 4.79 Å². The Morgan fingerprint density at radius 2 is 2.26 bits per heavy atom. The van der Waals surface area contributed by atoms with Gasteiger partial charge in [0.15, 0.2) is 0 Å². The van der Waals surface area contributed by atoms with E-state index in [4.69, 9.17) is 0 Å². The molecular formula is C12H12N4O2S. The lowest BCUT2D eigenvalue weighted by molar-refractivity contribution is -0.139. The van der Waals surface area contributed by atoms with E-state index >= 15 is 0 Å². The third-order valence-corrected chi connectivity index (χ3v) is 4.11. The molecule has 3 unspecified atom stereocenters. The first-order valence-electron chi connectivity index (χ1n) is 5.90. The summed E-state index contributed by atoms with van der Waals surface area (Å²) in [6.45, 7) is 0. The van der Waals surface area contributed by atoms with E-state index in [0.717, 1.165) is 10.7 Å². The number of hydrogen-bond acceptors (Lipinski definition) is 6. The third-order valence-electron chi connectivity index (χ3n) is 3.25. The molecule has 2 aromatic heterocycles. The fraction of sp³-hybridized carbons (Fsp3) is 0.333. The van der Waals surface area contributed by atoms with Gasteiger partial charge in [0, 0.05) is 36.1 Å². The SMILES string of the molecule is O=C(O)C1CC(c2cnccn2)C(c2nccs2)N1. The lowest BCUT2D eigenvalue weighted by atomic mass is 9.96. The van der Waals surface area contributed by atoms with Crippen LogP contribution in [-0.4, -0.2) is 32.1 Å². The molecule has 1 fully saturated rings. The quantitative estimate of drug-likeness (QED) is 0.876. The molecule has 3 rings (SSSR count). The van der Waals surface area contributed by atoms with Crippen LogP contribution in [0, 0.1) is 0 Å². The minimum absolute atomic E-state index is 0.0130. The number of carbonyl (C=O) groups is 1. The Morgan fingerprint density at radius 3 is 2.89 bits per heavy atom. The summed E-state index contributed by atoms with van der Waals surface area (Å²) >= 11 is 1.52. The Labute approximate surface area is 113 Å². The van der Waals surface area contributed by atoms with Gasteiger partial charge in [-0.15, -0.1) is 11.3 Å². The number of aliphatic carboxylic acids is 1. The number of aromatic nitrogens is 3. The highest BCUT2D eigenvalue weighted by molar-refractivity contribution is 7.09. The maximum atomic E-state index is 11.2. The molecule has 1 aliphatic rings. The molecule has 6 nitrogen and oxygen atoms in total. The van der Waals surface area contributed by atoms with Crippen molar-refractivity contribution in [3.63, 3.8) is 0 Å². The second-order valence-corrected chi connectivity index (χ2v) is 5.30. The van der Waals surface area contributed by atoms with Gasteiger partial charge in [0.2, 0.25) is 0 Å². The first-order chi connectivity index (χ1) is 9.25. The second kappa shape index (κ2) is 5.02. The van der Waals surface area contributed by atoms with Gasteiger partial charge in [-0.3, -0.25) is 20.1 Å². The Kier molecular flexibility index (Phi) is 3.22. The summed E-state index contributed by atoms with van der Waals surface area (Å²) in [5, 5.41) is 15.1. The van der Waals surface area contributed by atoms with Crippen molar-refractivity contribution in [2.75, 3.05) is 0 Å². The van der Waals surface area contributed by atoms with Gasteiger partial charge >= 0.3 is 5.97 Å². The van der Waals surface area contributed by atoms with Gasteiger partial charge in [-0.2, -0.15) is 0 Å². The summed E-state index contributed by atoms with van der Waals surface area (Å²) in [6.07, 6.45) is 7.15. The Morgan fingerprint density at radius 1 is 1.37 bits per heavy atom. The number of rotatable bonds is 3. The molecule has 3 atom stereocenters. The van der Waals surface area contributed by atoms with E-state index in [1.807, 2.05) is 5.38 Å². The summed E-state index contributed by atoms with van der Waals surface area (Å²) < 4.78 is 0. The average molecular weight is 276 g/mol. The number of thiazole rings is 1. The minimum atomic E-state index is -0.840. The monoisotopic (exact) mass is 276 g/mol. The lowest BCUT2D eigenvalue weighted by Crippen LogP contribution is -2.31. The van der Waals surface area contributed by atoms with E-state index in [2.05, 4.69) is 20.3 Å². The molecule has 0 radical (unpaired) electrons. The number of nitrogens with one attached hydrogen (secondary N) is 1. The molecule has 19 heavy (non-hydrogen) atoms. The number of hydrogen-bond donors (Lipinski definition) is 2. The zero-order chi connectivity index (χ0) is 13.2. The second-order valence-electron chi connectivity index (χ2n) is 4.38. The van der Waals surface area contributed by atoms with Crippen molar-refractivity contribution in [3.8, 4) is 0 Å². The molecule has 0 spiro atoms. The molecule has 0 aliphatic carbocycles. The largest absolute Gasteiger partial charge is 0.480 e. The van der Waals surface area contributed by atoms with E-state index in [1.54, 1.807) is 24.8 Å². The van der Waals surface area contributed by atoms with Crippen molar-refractivity contribution in [1.29, 1.82) is 0 Å². The van der Waals surface area contributed by atoms with Gasteiger partial charge < -0.3 is 5.11 Å². The maximum absolute atomic E-state index is 11.2. The van der Waals surface area contributed by atoms with Gasteiger partial charge in [-0.1, -0.05) is 0 Å². The Hall–Kier alpha value is -1.86. The maximum Gasteiger partial charge on any atom is 0.320 e. The third kappa shape index (κ3) is 2.34. The molecule has 0 saturated carbocycles. The van der Waals surface area contributed by atoms with Crippen molar-refractivity contribution in [2.45, 2.75) is 24.4 Å². The van der Waals surface area contributed by atoms with Crippen molar-refractivity contribution >= 4 is 17.3 Å². The Bertz CT molecular complexity index is 560. The zero-order valence-corrected chi connectivity index (χ0v) is 10.7. The van der Waals surface area contributed by atoms with Crippen LogP contribution in [0.15, 0.2) is 30.2 Å². The van der Waals surface area contributed by atoms with Crippen LogP contribution < -0.4 is 5.32 Å². The summed E-state index contributed by atoms with van der Waals surface area (Å²) in [7, 11) is 0. The highest BCUT2D eigenvalue weighted by Crippen LogP contribution is 2.39. The normalized spacial score (nSPS) is 26.4. The number of carboxylic acid groups (broad SMARTS) is 1. The molecule has 1 saturated heterocycles. The van der Waals surface area contributed by atoms with E-state index in [0.29, 0.717) is 6.42 Å². The summed E-state index contributed by atoms with van der Waals surface area (Å²) in [4.78, 5) is 23.8. The molecule has 3 heterocycles. The fourth-order valence-electron chi connectivity index (χ4n) is 2.39. The van der Waals surface area contributed by atoms with E-state index < -0.39 is 12.0 Å². The zero-order valence-electron chi connectivity index (χ0n) is 9.93. The smallest absolute Gasteiger partial charge is 0.320 e. The molecule has 0 aromatic carbocycles. The molecular weight excluding hydrogens is 264 g/mol. The summed E-state index contributed by atoms with van der Waals surface area (Å²) in [6, 6.07) is -0.682. The standard InChI is InChI=1S/C12H12N4O2S/c17-12(18)8-5-7(9-6-13-1-2-14-9)10(16-8)11-15-3-4-19-11/h1-4,6-8,10,16H,5H2,(H,17,18). The van der Waals surface area contributed by atoms with Crippen LogP contribution in [0.1, 0.15) is 29.1 Å². The van der Waals surface area contributed by atoms with Gasteiger partial charge in [0.05, 0.1) is 11.7 Å². The first kappa shape index (κ1) is 12.2. The topological polar surface area (TPSA) is 88.0 Å². The van der Waals surface area contributed by atoms with Crippen LogP contribution in [0.3, 0.4) is 0 Å². The van der Waals surface area contributed by atoms with Gasteiger partial charge in [0.1, 0.15) is 11.0 Å². The molecule has 2 N–H and O–H groups in total. The van der Waals surface area contributed by atoms with Gasteiger partial charge in [-0.05, 0) is 6.42 Å². The van der Waals surface area contributed by atoms with E-state index in [9.17, 15) is 9.90 Å². The molecule has 7 heteroatoms. The van der Waals surface area contributed by atoms with Crippen molar-refractivity contribution in [2.24, 2.45) is 0 Å². The highest BCUT2D eigenvalue weighted by atomic mass is 32.1. The van der Waals surface area contributed by atoms with Crippen LogP contribution in [0.25, 0.3) is 0 Å². The first-order valence-corrected chi connectivity index (χ1v) is 6.78. The summed E-state index contributed by atoms with van der Waals surface area (Å²) in [5.74, 6) is -0.853. The number of carboxylic acids is 1. The van der Waals surface area contributed by atoms with Crippen LogP contribution >= 0.6 is 11.3 Å². The molecule has 0 amide bonds. The van der Waals surface area contributed by atoms with E-state index in [1.165, 1.54) is 11.3 Å². The predicted octanol–water partition coefficient (Wildman–Crippen LogP) is 1.20. The molecule has 1 aliphatic heterocycles. The highest BCUT2D eigenvalue weighted by Gasteiger charge is 2.40. The van der Waals surface area contributed by atoms with Crippen molar-refractivity contribution in [3.05, 3.63) is 40.9 Å². The van der Waals surface area contributed by atoms with Gasteiger partial charge in [0.25, 0.3) is 0 Å². The Balaban J connectivity index is 1.93. The van der Waals surface area contributed by atoms with Crippen LogP contribution in [0.5, 0.6) is 0 Å². The van der Waals surface area contributed by atoms with Gasteiger partial charge in [-0.25, -0.2) is 4.98 Å². The average Bonchev–Trinajstić information content (AvgIpc) is 3.08. The molecule has 2 aromatic rings. The predicted molar refractivity (Wildman–Crippen MR) is 68.8 cm³/mol. The minimum Gasteiger partial charge on any atom is -0.480 e. The van der Waals surface area contributed by atoms with E-state index in [-0.39, 0.29) is 12.0 Å². The number of nitrogens with zero attached hydrogens (tertiary/aromatic N) is 3.